The van der Waals surface area contributed by atoms with Crippen molar-refractivity contribution >= 4 is 11.6 Å². The summed E-state index contributed by atoms with van der Waals surface area (Å²) in [5.41, 5.74) is 2.35. The van der Waals surface area contributed by atoms with E-state index in [2.05, 4.69) is 0 Å². The van der Waals surface area contributed by atoms with E-state index in [4.69, 9.17) is 4.74 Å². The van der Waals surface area contributed by atoms with Crippen LogP contribution < -0.4 is 15.2 Å². The van der Waals surface area contributed by atoms with Gasteiger partial charge in [0.25, 0.3) is 5.56 Å². The number of rotatable bonds is 4. The number of hydrogen-bond donors (Lipinski definition) is 0. The Bertz CT molecular complexity index is 808. The number of ether oxygens (including phenoxy) is 1. The second-order valence-corrected chi connectivity index (χ2v) is 6.12. The summed E-state index contributed by atoms with van der Waals surface area (Å²) in [6, 6.07) is 9.68. The number of methoxy groups -OCH3 is 1. The Balaban J connectivity index is 1.91. The molecule has 5 heteroatoms. The third-order valence-electron chi connectivity index (χ3n) is 4.66. The highest BCUT2D eigenvalue weighted by Gasteiger charge is 2.33. The van der Waals surface area contributed by atoms with E-state index in [-0.39, 0.29) is 17.4 Å². The van der Waals surface area contributed by atoms with Gasteiger partial charge < -0.3 is 14.2 Å². The molecule has 0 saturated carbocycles. The van der Waals surface area contributed by atoms with Gasteiger partial charge in [0, 0.05) is 31.6 Å². The fourth-order valence-corrected chi connectivity index (χ4v) is 3.25. The van der Waals surface area contributed by atoms with Crippen LogP contribution in [0.15, 0.2) is 41.3 Å². The molecule has 1 saturated heterocycles. The molecule has 1 fully saturated rings. The van der Waals surface area contributed by atoms with Gasteiger partial charge in [-0.3, -0.25) is 9.59 Å². The van der Waals surface area contributed by atoms with Crippen molar-refractivity contribution in [1.82, 2.24) is 4.57 Å². The first-order chi connectivity index (χ1) is 11.5. The molecule has 2 aromatic rings. The fourth-order valence-electron chi connectivity index (χ4n) is 3.25. The van der Waals surface area contributed by atoms with Crippen LogP contribution in [-0.2, 0) is 11.3 Å². The second kappa shape index (κ2) is 6.51. The molecule has 0 bridgehead atoms. The van der Waals surface area contributed by atoms with Crippen LogP contribution in [0.5, 0.6) is 5.75 Å². The van der Waals surface area contributed by atoms with Crippen LogP contribution in [0.1, 0.15) is 30.4 Å². The van der Waals surface area contributed by atoms with Gasteiger partial charge in [-0.15, -0.1) is 0 Å². The van der Waals surface area contributed by atoms with Gasteiger partial charge in [0.2, 0.25) is 5.91 Å². The van der Waals surface area contributed by atoms with Crippen LogP contribution in [0.4, 0.5) is 5.69 Å². The first-order valence-electron chi connectivity index (χ1n) is 8.19. The number of nitrogens with zero attached hydrogens (tertiary/aromatic N) is 2. The van der Waals surface area contributed by atoms with Crippen molar-refractivity contribution < 1.29 is 9.53 Å². The largest absolute Gasteiger partial charge is 0.497 e. The van der Waals surface area contributed by atoms with E-state index >= 15 is 0 Å². The van der Waals surface area contributed by atoms with Gasteiger partial charge in [-0.05, 0) is 43.2 Å². The topological polar surface area (TPSA) is 51.5 Å². The first kappa shape index (κ1) is 16.3. The Labute approximate surface area is 141 Å². The lowest BCUT2D eigenvalue weighted by Crippen LogP contribution is -2.34. The molecule has 1 unspecified atom stereocenters. The monoisotopic (exact) mass is 326 g/mol. The molecule has 0 radical (unpaired) electrons. The van der Waals surface area contributed by atoms with Crippen molar-refractivity contribution in [3.8, 4) is 5.75 Å². The lowest BCUT2D eigenvalue weighted by atomic mass is 9.98. The lowest BCUT2D eigenvalue weighted by Gasteiger charge is -2.19. The zero-order valence-electron chi connectivity index (χ0n) is 14.3. The van der Waals surface area contributed by atoms with Crippen molar-refractivity contribution in [3.05, 3.63) is 58.0 Å². The molecule has 24 heavy (non-hydrogen) atoms. The SMILES string of the molecule is CCn1ccc(C)c(N2CC(c3ccc(OC)cc3)CC2=O)c1=O. The minimum atomic E-state index is -0.0961. The van der Waals surface area contributed by atoms with Crippen LogP contribution >= 0.6 is 0 Å². The summed E-state index contributed by atoms with van der Waals surface area (Å²) < 4.78 is 6.81. The van der Waals surface area contributed by atoms with E-state index in [0.717, 1.165) is 16.9 Å². The average molecular weight is 326 g/mol. The molecule has 1 aromatic heterocycles. The number of amides is 1. The number of carbonyl (C=O) groups is 1. The maximum Gasteiger partial charge on any atom is 0.274 e. The summed E-state index contributed by atoms with van der Waals surface area (Å²) in [5.74, 6) is 0.895. The smallest absolute Gasteiger partial charge is 0.274 e. The summed E-state index contributed by atoms with van der Waals surface area (Å²) >= 11 is 0. The lowest BCUT2D eigenvalue weighted by molar-refractivity contribution is -0.117. The molecule has 5 nitrogen and oxygen atoms in total. The number of pyridine rings is 1. The third-order valence-corrected chi connectivity index (χ3v) is 4.66. The number of benzene rings is 1. The van der Waals surface area contributed by atoms with Crippen LogP contribution in [0.25, 0.3) is 0 Å². The van der Waals surface area contributed by atoms with Gasteiger partial charge in [-0.2, -0.15) is 0 Å². The second-order valence-electron chi connectivity index (χ2n) is 6.12. The van der Waals surface area contributed by atoms with E-state index in [9.17, 15) is 9.59 Å². The Hall–Kier alpha value is -2.56. The normalized spacial score (nSPS) is 17.4. The molecule has 1 aromatic carbocycles. The molecule has 1 amide bonds. The number of anilines is 1. The van der Waals surface area contributed by atoms with Gasteiger partial charge in [0.1, 0.15) is 11.4 Å². The molecule has 126 valence electrons. The summed E-state index contributed by atoms with van der Waals surface area (Å²) in [4.78, 5) is 26.8. The van der Waals surface area contributed by atoms with Crippen molar-refractivity contribution in [2.24, 2.45) is 0 Å². The minimum Gasteiger partial charge on any atom is -0.497 e. The van der Waals surface area contributed by atoms with Crippen LogP contribution in [-0.4, -0.2) is 24.1 Å². The zero-order chi connectivity index (χ0) is 17.3. The highest BCUT2D eigenvalue weighted by Crippen LogP contribution is 2.32. The van der Waals surface area contributed by atoms with Gasteiger partial charge in [0.15, 0.2) is 0 Å². The highest BCUT2D eigenvalue weighted by molar-refractivity contribution is 5.97. The summed E-state index contributed by atoms with van der Waals surface area (Å²) in [6.45, 7) is 4.93. The van der Waals surface area contributed by atoms with Crippen LogP contribution in [0.2, 0.25) is 0 Å². The van der Waals surface area contributed by atoms with E-state index in [1.165, 1.54) is 0 Å². The summed E-state index contributed by atoms with van der Waals surface area (Å²) in [6.07, 6.45) is 2.20. The first-order valence-corrected chi connectivity index (χ1v) is 8.19. The van der Waals surface area contributed by atoms with E-state index in [1.54, 1.807) is 22.8 Å². The zero-order valence-corrected chi connectivity index (χ0v) is 14.3. The number of aromatic nitrogens is 1. The summed E-state index contributed by atoms with van der Waals surface area (Å²) in [7, 11) is 1.63. The minimum absolute atomic E-state index is 0.00451. The third kappa shape index (κ3) is 2.82. The molecular weight excluding hydrogens is 304 g/mol. The Kier molecular flexibility index (Phi) is 4.42. The molecule has 1 atom stereocenters. The molecule has 2 heterocycles. The number of aryl methyl sites for hydroxylation is 2. The molecule has 3 rings (SSSR count). The highest BCUT2D eigenvalue weighted by atomic mass is 16.5. The van der Waals surface area contributed by atoms with Crippen LogP contribution in [0.3, 0.4) is 0 Å². The molecule has 0 aliphatic carbocycles. The van der Waals surface area contributed by atoms with E-state index < -0.39 is 0 Å². The van der Waals surface area contributed by atoms with E-state index in [1.807, 2.05) is 44.2 Å². The summed E-state index contributed by atoms with van der Waals surface area (Å²) in [5, 5.41) is 0. The van der Waals surface area contributed by atoms with Gasteiger partial charge in [0.05, 0.1) is 7.11 Å². The van der Waals surface area contributed by atoms with Gasteiger partial charge in [-0.1, -0.05) is 12.1 Å². The van der Waals surface area contributed by atoms with Crippen LogP contribution in [0, 0.1) is 6.92 Å². The quantitative estimate of drug-likeness (QED) is 0.868. The average Bonchev–Trinajstić information content (AvgIpc) is 2.97. The van der Waals surface area contributed by atoms with Gasteiger partial charge >= 0.3 is 0 Å². The molecule has 1 aliphatic rings. The molecule has 0 spiro atoms. The van der Waals surface area contributed by atoms with Crippen molar-refractivity contribution in [1.29, 1.82) is 0 Å². The predicted octanol–water partition coefficient (Wildman–Crippen LogP) is 2.71. The van der Waals surface area contributed by atoms with E-state index in [0.29, 0.717) is 25.2 Å². The van der Waals surface area contributed by atoms with Crippen molar-refractivity contribution in [3.63, 3.8) is 0 Å². The Morgan fingerprint density at radius 1 is 1.17 bits per heavy atom. The Morgan fingerprint density at radius 3 is 2.50 bits per heavy atom. The van der Waals surface area contributed by atoms with Crippen molar-refractivity contribution in [2.75, 3.05) is 18.6 Å². The van der Waals surface area contributed by atoms with Crippen molar-refractivity contribution in [2.45, 2.75) is 32.7 Å². The number of hydrogen-bond acceptors (Lipinski definition) is 3. The number of carbonyl (C=O) groups excluding carboxylic acids is 1. The molecular formula is C19H22N2O3. The maximum atomic E-state index is 12.6. The standard InChI is InChI=1S/C19H22N2O3/c1-4-20-10-9-13(2)18(19(20)23)21-12-15(11-17(21)22)14-5-7-16(24-3)8-6-14/h5-10,15H,4,11-12H2,1-3H3. The van der Waals surface area contributed by atoms with Gasteiger partial charge in [-0.25, -0.2) is 0 Å². The molecule has 1 aliphatic heterocycles. The molecule has 0 N–H and O–H groups in total. The maximum absolute atomic E-state index is 12.6. The Morgan fingerprint density at radius 2 is 1.88 bits per heavy atom. The predicted molar refractivity (Wildman–Crippen MR) is 93.8 cm³/mol. The fraction of sp³-hybridized carbons (Fsp3) is 0.368.